The van der Waals surface area contributed by atoms with Crippen molar-refractivity contribution in [1.29, 1.82) is 0 Å². The van der Waals surface area contributed by atoms with Crippen LogP contribution in [-0.4, -0.2) is 25.1 Å². The van der Waals surface area contributed by atoms with Gasteiger partial charge >= 0.3 is 0 Å². The molecule has 3 aromatic carbocycles. The Balaban J connectivity index is 1.51. The molecule has 0 aliphatic heterocycles. The molecule has 32 heavy (non-hydrogen) atoms. The van der Waals surface area contributed by atoms with Crippen molar-refractivity contribution in [3.05, 3.63) is 74.8 Å². The maximum atomic E-state index is 12.4. The van der Waals surface area contributed by atoms with Crippen molar-refractivity contribution in [1.82, 2.24) is 4.98 Å². The van der Waals surface area contributed by atoms with Gasteiger partial charge in [-0.25, -0.2) is 4.98 Å². The van der Waals surface area contributed by atoms with Crippen LogP contribution < -0.4 is 14.8 Å². The van der Waals surface area contributed by atoms with Crippen LogP contribution in [0.3, 0.4) is 0 Å². The lowest BCUT2D eigenvalue weighted by molar-refractivity contribution is -0.111. The van der Waals surface area contributed by atoms with Crippen LogP contribution in [0, 0.1) is 3.57 Å². The van der Waals surface area contributed by atoms with Gasteiger partial charge in [-0.3, -0.25) is 4.79 Å². The molecular formula is C24H18ClIN2O4. The molecule has 1 heterocycles. The number of nitrogens with one attached hydrogen (secondary N) is 1. The maximum Gasteiger partial charge on any atom is 0.248 e. The third-order valence-electron chi connectivity index (χ3n) is 4.65. The topological polar surface area (TPSA) is 73.6 Å². The molecule has 0 saturated heterocycles. The van der Waals surface area contributed by atoms with E-state index in [2.05, 4.69) is 32.9 Å². The molecule has 162 valence electrons. The van der Waals surface area contributed by atoms with E-state index in [4.69, 9.17) is 25.5 Å². The van der Waals surface area contributed by atoms with Gasteiger partial charge in [-0.15, -0.1) is 0 Å². The summed E-state index contributed by atoms with van der Waals surface area (Å²) in [5, 5.41) is 3.40. The molecule has 0 atom stereocenters. The number of nitrogens with zero attached hydrogens (tertiary/aromatic N) is 1. The minimum atomic E-state index is -0.275. The molecule has 1 N–H and O–H groups in total. The van der Waals surface area contributed by atoms with Crippen LogP contribution in [0.25, 0.3) is 28.6 Å². The largest absolute Gasteiger partial charge is 0.493 e. The van der Waals surface area contributed by atoms with E-state index in [1.807, 2.05) is 24.3 Å². The van der Waals surface area contributed by atoms with Crippen molar-refractivity contribution in [2.45, 2.75) is 0 Å². The van der Waals surface area contributed by atoms with Crippen LogP contribution >= 0.6 is 34.2 Å². The quantitative estimate of drug-likeness (QED) is 0.218. The minimum absolute atomic E-state index is 0.275. The first-order valence-electron chi connectivity index (χ1n) is 9.54. The second kappa shape index (κ2) is 9.62. The number of hydrogen-bond acceptors (Lipinski definition) is 5. The van der Waals surface area contributed by atoms with E-state index in [9.17, 15) is 4.79 Å². The summed E-state index contributed by atoms with van der Waals surface area (Å²) >= 11 is 8.51. The summed E-state index contributed by atoms with van der Waals surface area (Å²) in [6.07, 6.45) is 3.15. The molecule has 4 rings (SSSR count). The fourth-order valence-corrected chi connectivity index (χ4v) is 3.78. The Labute approximate surface area is 203 Å². The number of carbonyl (C=O) groups excluding carboxylic acids is 1. The van der Waals surface area contributed by atoms with Gasteiger partial charge in [0.1, 0.15) is 5.52 Å². The van der Waals surface area contributed by atoms with Crippen molar-refractivity contribution in [3.8, 4) is 23.0 Å². The van der Waals surface area contributed by atoms with E-state index >= 15 is 0 Å². The average molecular weight is 561 g/mol. The van der Waals surface area contributed by atoms with Crippen LogP contribution in [0.1, 0.15) is 5.56 Å². The molecule has 6 nitrogen and oxygen atoms in total. The first-order valence-corrected chi connectivity index (χ1v) is 11.0. The van der Waals surface area contributed by atoms with E-state index in [1.165, 1.54) is 6.08 Å². The maximum absolute atomic E-state index is 12.4. The molecule has 0 saturated carbocycles. The van der Waals surface area contributed by atoms with Gasteiger partial charge in [0.2, 0.25) is 11.8 Å². The lowest BCUT2D eigenvalue weighted by atomic mass is 10.2. The number of halogens is 2. The second-order valence-electron chi connectivity index (χ2n) is 6.76. The predicted octanol–water partition coefficient (Wildman–Crippen LogP) is 6.42. The molecule has 0 aliphatic carbocycles. The van der Waals surface area contributed by atoms with E-state index in [-0.39, 0.29) is 5.91 Å². The van der Waals surface area contributed by atoms with Crippen molar-refractivity contribution in [2.75, 3.05) is 19.5 Å². The summed E-state index contributed by atoms with van der Waals surface area (Å²) < 4.78 is 17.4. The van der Waals surface area contributed by atoms with Gasteiger partial charge in [0.25, 0.3) is 0 Å². The summed E-state index contributed by atoms with van der Waals surface area (Å²) in [4.78, 5) is 16.9. The third kappa shape index (κ3) is 4.89. The number of amides is 1. The van der Waals surface area contributed by atoms with Gasteiger partial charge < -0.3 is 19.2 Å². The van der Waals surface area contributed by atoms with Gasteiger partial charge in [-0.05, 0) is 82.8 Å². The Morgan fingerprint density at radius 3 is 2.66 bits per heavy atom. The average Bonchev–Trinajstić information content (AvgIpc) is 3.22. The smallest absolute Gasteiger partial charge is 0.248 e. The lowest BCUT2D eigenvalue weighted by Gasteiger charge is -2.07. The number of benzene rings is 3. The number of oxazole rings is 1. The SMILES string of the molecule is COc1ccc(/C=C/C(=O)Nc2ccc3oc(-c4cc(I)ccc4Cl)nc3c2)cc1OC. The highest BCUT2D eigenvalue weighted by Gasteiger charge is 2.13. The highest BCUT2D eigenvalue weighted by Crippen LogP contribution is 2.32. The second-order valence-corrected chi connectivity index (χ2v) is 8.42. The number of methoxy groups -OCH3 is 2. The van der Waals surface area contributed by atoms with Crippen molar-refractivity contribution < 1.29 is 18.7 Å². The van der Waals surface area contributed by atoms with E-state index in [0.29, 0.717) is 39.2 Å². The van der Waals surface area contributed by atoms with E-state index in [1.54, 1.807) is 50.6 Å². The summed E-state index contributed by atoms with van der Waals surface area (Å²) in [5.41, 5.74) is 3.36. The lowest BCUT2D eigenvalue weighted by Crippen LogP contribution is -2.07. The molecule has 1 aromatic heterocycles. The van der Waals surface area contributed by atoms with Gasteiger partial charge in [0, 0.05) is 15.3 Å². The molecule has 1 amide bonds. The summed E-state index contributed by atoms with van der Waals surface area (Å²) in [7, 11) is 3.14. The van der Waals surface area contributed by atoms with Crippen LogP contribution in [-0.2, 0) is 4.79 Å². The summed E-state index contributed by atoms with van der Waals surface area (Å²) in [6, 6.07) is 16.3. The number of carbonyl (C=O) groups is 1. The molecule has 0 radical (unpaired) electrons. The molecule has 0 bridgehead atoms. The predicted molar refractivity (Wildman–Crippen MR) is 134 cm³/mol. The molecule has 4 aromatic rings. The highest BCUT2D eigenvalue weighted by molar-refractivity contribution is 14.1. The molecule has 0 spiro atoms. The van der Waals surface area contributed by atoms with Gasteiger partial charge in [-0.1, -0.05) is 17.7 Å². The molecule has 8 heteroatoms. The highest BCUT2D eigenvalue weighted by atomic mass is 127. The van der Waals surface area contributed by atoms with Crippen molar-refractivity contribution in [2.24, 2.45) is 0 Å². The number of aromatic nitrogens is 1. The van der Waals surface area contributed by atoms with Gasteiger partial charge in [0.05, 0.1) is 24.8 Å². The molecular weight excluding hydrogens is 543 g/mol. The first kappa shape index (κ1) is 22.2. The zero-order chi connectivity index (χ0) is 22.7. The Kier molecular flexibility index (Phi) is 6.66. The third-order valence-corrected chi connectivity index (χ3v) is 5.65. The van der Waals surface area contributed by atoms with Gasteiger partial charge in [-0.2, -0.15) is 0 Å². The Morgan fingerprint density at radius 2 is 1.88 bits per heavy atom. The van der Waals surface area contributed by atoms with Crippen molar-refractivity contribution >= 4 is 63.0 Å². The summed E-state index contributed by atoms with van der Waals surface area (Å²) in [5.74, 6) is 1.38. The minimum Gasteiger partial charge on any atom is -0.493 e. The van der Waals surface area contributed by atoms with Gasteiger partial charge in [0.15, 0.2) is 17.1 Å². The van der Waals surface area contributed by atoms with Crippen LogP contribution in [0.15, 0.2) is 65.1 Å². The Hall–Kier alpha value is -3.04. The number of fused-ring (bicyclic) bond motifs is 1. The fraction of sp³-hybridized carbons (Fsp3) is 0.0833. The van der Waals surface area contributed by atoms with Crippen LogP contribution in [0.2, 0.25) is 5.02 Å². The van der Waals surface area contributed by atoms with E-state index in [0.717, 1.165) is 14.7 Å². The number of hydrogen-bond donors (Lipinski definition) is 1. The fourth-order valence-electron chi connectivity index (χ4n) is 3.09. The normalized spacial score (nSPS) is 11.1. The molecule has 0 aliphatic rings. The molecule has 0 unspecified atom stereocenters. The van der Waals surface area contributed by atoms with Crippen LogP contribution in [0.4, 0.5) is 5.69 Å². The number of ether oxygens (including phenoxy) is 2. The van der Waals surface area contributed by atoms with E-state index < -0.39 is 0 Å². The standard InChI is InChI=1S/C24H18ClIN2O4/c1-30-21-8-3-14(11-22(21)31-2)4-10-23(29)27-16-6-9-20-19(13-16)28-24(32-20)17-12-15(26)5-7-18(17)25/h3-13H,1-2H3,(H,27,29)/b10-4+. The monoisotopic (exact) mass is 560 g/mol. The molecule has 0 fully saturated rings. The van der Waals surface area contributed by atoms with Crippen LogP contribution in [0.5, 0.6) is 11.5 Å². The first-order chi connectivity index (χ1) is 15.5. The van der Waals surface area contributed by atoms with Crippen molar-refractivity contribution in [3.63, 3.8) is 0 Å². The Bertz CT molecular complexity index is 1330. The Morgan fingerprint density at radius 1 is 1.06 bits per heavy atom. The summed E-state index contributed by atoms with van der Waals surface area (Å²) in [6.45, 7) is 0. The zero-order valence-corrected chi connectivity index (χ0v) is 20.1. The number of rotatable bonds is 6. The number of anilines is 1. The zero-order valence-electron chi connectivity index (χ0n) is 17.2.